The highest BCUT2D eigenvalue weighted by atomic mass is 16.4. The van der Waals surface area contributed by atoms with Gasteiger partial charge >= 0.3 is 23.9 Å². The van der Waals surface area contributed by atoms with Crippen LogP contribution in [0.4, 0.5) is 0 Å². The average Bonchev–Trinajstić information content (AvgIpc) is 3.55. The van der Waals surface area contributed by atoms with Crippen molar-refractivity contribution >= 4 is 70.6 Å². The molecule has 0 aliphatic carbocycles. The van der Waals surface area contributed by atoms with Gasteiger partial charge in [0.1, 0.15) is 60.7 Å². The standard InChI is InChI=1S/C47H76N4O32/c1-3-16(56)5-17(35(70)39(74)28(60)12-52)43(78)49-22(9-32(64)65)26(58)7-19(37(72)41(76)30(62)14-54)45(80)51-24(11-34(68)69)27(59)8-20(38(73)42(77)31(63)15-55)46(81)50-23(10-33(66)67)25(57)6-18(36(71)40(75)29(61)13-53)44(79)48-21(4-2)47(82)83/h17-24,28-31,35-42,52-55,60-63,70-77H,3-15H2,1-2H3,(H,48,79)(H,49,78)(H,50,81)(H,51,80)(H,64,65)(H,66,67)(H,68,69)(H,82,83)/t17-,18-,19-,20-,21-,22-,23-,24-,28+,29+,30+,31+,35+,36+,37+,38+,39+,40+,41+,42+/m0/s1. The summed E-state index contributed by atoms with van der Waals surface area (Å²) in [6.07, 6.45) is -40.9. The molecule has 24 N–H and O–H groups in total. The minimum absolute atomic E-state index is 0.310. The van der Waals surface area contributed by atoms with E-state index in [1.54, 1.807) is 10.6 Å². The number of rotatable bonds is 44. The van der Waals surface area contributed by atoms with E-state index in [4.69, 9.17) is 0 Å². The van der Waals surface area contributed by atoms with Crippen LogP contribution in [0, 0.1) is 23.7 Å². The molecular weight excluding hydrogens is 1130 g/mol. The maximum Gasteiger partial charge on any atom is 0.326 e. The maximum atomic E-state index is 14.1. The number of carboxylic acids is 4. The van der Waals surface area contributed by atoms with Crippen molar-refractivity contribution in [2.24, 2.45) is 23.7 Å². The number of aliphatic carboxylic acids is 4. The Bertz CT molecular complexity index is 2200. The normalized spacial score (nSPS) is 18.9. The van der Waals surface area contributed by atoms with Crippen LogP contribution in [-0.4, -0.2) is 297 Å². The molecule has 4 amide bonds. The summed E-state index contributed by atoms with van der Waals surface area (Å²) in [7, 11) is 0. The van der Waals surface area contributed by atoms with Crippen molar-refractivity contribution < 1.29 is 160 Å². The molecule has 20 atom stereocenters. The first kappa shape index (κ1) is 76.8. The first-order chi connectivity index (χ1) is 38.5. The zero-order valence-corrected chi connectivity index (χ0v) is 44.6. The number of Topliss-reactive ketones (excluding diaryl/α,β-unsaturated/α-hetero) is 4. The summed E-state index contributed by atoms with van der Waals surface area (Å²) in [5, 5.41) is 210. The molecule has 0 aromatic heterocycles. The van der Waals surface area contributed by atoms with E-state index in [1.807, 2.05) is 10.6 Å². The van der Waals surface area contributed by atoms with E-state index in [0.29, 0.717) is 0 Å². The second-order valence-corrected chi connectivity index (χ2v) is 19.2. The third kappa shape index (κ3) is 24.5. The Hall–Kier alpha value is -6.20. The molecule has 0 fully saturated rings. The summed E-state index contributed by atoms with van der Waals surface area (Å²) in [6.45, 7) is -2.71. The maximum absolute atomic E-state index is 14.1. The Labute approximate surface area is 470 Å². The fourth-order valence-electron chi connectivity index (χ4n) is 7.95. The van der Waals surface area contributed by atoms with Gasteiger partial charge in [-0.3, -0.25) is 52.7 Å². The molecule has 0 aromatic rings. The van der Waals surface area contributed by atoms with E-state index >= 15 is 0 Å². The van der Waals surface area contributed by atoms with E-state index in [2.05, 4.69) is 0 Å². The lowest BCUT2D eigenvalue weighted by molar-refractivity contribution is -0.150. The van der Waals surface area contributed by atoms with Crippen LogP contribution >= 0.6 is 0 Å². The predicted octanol–water partition coefficient (Wildman–Crippen LogP) is -12.1. The minimum Gasteiger partial charge on any atom is -0.481 e. The first-order valence-electron chi connectivity index (χ1n) is 25.3. The number of carbonyl (C=O) groups is 12. The minimum atomic E-state index is -2.84. The number of carboxylic acid groups (broad SMARTS) is 4. The van der Waals surface area contributed by atoms with Crippen LogP contribution in [0.1, 0.15) is 71.6 Å². The zero-order valence-electron chi connectivity index (χ0n) is 44.6. The van der Waals surface area contributed by atoms with Gasteiger partial charge in [-0.05, 0) is 6.42 Å². The van der Waals surface area contributed by atoms with Crippen molar-refractivity contribution in [2.75, 3.05) is 26.4 Å². The van der Waals surface area contributed by atoms with Crippen LogP contribution in [0.2, 0.25) is 0 Å². The lowest BCUT2D eigenvalue weighted by Crippen LogP contribution is -2.56. The molecule has 83 heavy (non-hydrogen) atoms. The van der Waals surface area contributed by atoms with E-state index < -0.39 is 263 Å². The molecule has 0 unspecified atom stereocenters. The summed E-state index contributed by atoms with van der Waals surface area (Å²) >= 11 is 0. The molecule has 0 aromatic carbocycles. The Morgan fingerprint density at radius 1 is 0.313 bits per heavy atom. The second kappa shape index (κ2) is 37.2. The molecule has 476 valence electrons. The molecule has 36 nitrogen and oxygen atoms in total. The quantitative estimate of drug-likeness (QED) is 0.0269. The summed E-state index contributed by atoms with van der Waals surface area (Å²) in [5.74, 6) is -29.9. The molecule has 0 spiro atoms. The molecule has 0 saturated heterocycles. The fourth-order valence-corrected chi connectivity index (χ4v) is 7.95. The van der Waals surface area contributed by atoms with Crippen LogP contribution < -0.4 is 21.3 Å². The third-order valence-corrected chi connectivity index (χ3v) is 13.1. The number of hydrogen-bond acceptors (Lipinski definition) is 28. The molecule has 0 aliphatic rings. The molecule has 0 rings (SSSR count). The van der Waals surface area contributed by atoms with Gasteiger partial charge in [0, 0.05) is 32.1 Å². The Morgan fingerprint density at radius 3 is 0.711 bits per heavy atom. The van der Waals surface area contributed by atoms with Gasteiger partial charge in [-0.1, -0.05) is 13.8 Å². The fraction of sp³-hybridized carbons (Fsp3) is 0.745. The number of aliphatic hydroxyl groups is 16. The van der Waals surface area contributed by atoms with Crippen molar-refractivity contribution in [3.05, 3.63) is 0 Å². The van der Waals surface area contributed by atoms with Crippen molar-refractivity contribution in [3.8, 4) is 0 Å². The van der Waals surface area contributed by atoms with Gasteiger partial charge in [0.15, 0.2) is 17.3 Å². The van der Waals surface area contributed by atoms with Crippen LogP contribution in [0.25, 0.3) is 0 Å². The molecule has 0 aliphatic heterocycles. The van der Waals surface area contributed by atoms with E-state index in [0.717, 1.165) is 0 Å². The van der Waals surface area contributed by atoms with Gasteiger partial charge in [-0.2, -0.15) is 0 Å². The van der Waals surface area contributed by atoms with Crippen molar-refractivity contribution in [2.45, 2.75) is 169 Å². The van der Waals surface area contributed by atoms with Gasteiger partial charge in [-0.15, -0.1) is 0 Å². The third-order valence-electron chi connectivity index (χ3n) is 13.1. The van der Waals surface area contributed by atoms with Gasteiger partial charge in [-0.25, -0.2) is 4.79 Å². The summed E-state index contributed by atoms with van der Waals surface area (Å²) in [5.41, 5.74) is 0. The number of hydrogen-bond donors (Lipinski definition) is 24. The Balaban J connectivity index is 7.66. The van der Waals surface area contributed by atoms with E-state index in [9.17, 15) is 160 Å². The molecule has 0 saturated carbocycles. The topological polar surface area (TPSA) is 658 Å². The summed E-state index contributed by atoms with van der Waals surface area (Å²) < 4.78 is 0. The van der Waals surface area contributed by atoms with Crippen LogP contribution in [0.15, 0.2) is 0 Å². The van der Waals surface area contributed by atoms with Gasteiger partial charge < -0.3 is 123 Å². The Morgan fingerprint density at radius 2 is 0.530 bits per heavy atom. The number of aliphatic hydroxyl groups excluding tert-OH is 16. The molecule has 0 bridgehead atoms. The van der Waals surface area contributed by atoms with Crippen LogP contribution in [0.5, 0.6) is 0 Å². The molecule has 36 heteroatoms. The van der Waals surface area contributed by atoms with Gasteiger partial charge in [0.25, 0.3) is 0 Å². The summed E-state index contributed by atoms with van der Waals surface area (Å²) in [4.78, 5) is 157. The van der Waals surface area contributed by atoms with Crippen LogP contribution in [0.3, 0.4) is 0 Å². The molecule has 0 radical (unpaired) electrons. The first-order valence-corrected chi connectivity index (χ1v) is 25.3. The largest absolute Gasteiger partial charge is 0.481 e. The van der Waals surface area contributed by atoms with Crippen LogP contribution in [-0.2, 0) is 57.5 Å². The number of nitrogens with one attached hydrogen (secondary N) is 4. The van der Waals surface area contributed by atoms with Crippen molar-refractivity contribution in [1.82, 2.24) is 21.3 Å². The average molecular weight is 1210 g/mol. The van der Waals surface area contributed by atoms with Gasteiger partial charge in [0.05, 0.1) is 112 Å². The van der Waals surface area contributed by atoms with E-state index in [-0.39, 0.29) is 12.8 Å². The highest BCUT2D eigenvalue weighted by Crippen LogP contribution is 2.25. The summed E-state index contributed by atoms with van der Waals surface area (Å²) in [6, 6.07) is -9.18. The smallest absolute Gasteiger partial charge is 0.326 e. The highest BCUT2D eigenvalue weighted by molar-refractivity contribution is 6.00. The zero-order chi connectivity index (χ0) is 64.5. The molecular formula is C47H76N4O32. The molecule has 0 heterocycles. The second-order valence-electron chi connectivity index (χ2n) is 19.2. The SMILES string of the molecule is CCC(=O)C[C@H](C(=O)N[C@@H](CC(=O)O)C(=O)C[C@H](C(=O)N[C@@H](CC(=O)O)C(=O)C[C@H](C(=O)N[C@@H](CC(=O)O)C(=O)C[C@H](C(=O)N[C@@H](CC)C(=O)O)[C@@H](O)[C@H](O)[C@H](O)CO)[C@@H](O)[C@H](O)[C@H](O)CO)[C@@H](O)[C@H](O)[C@H](O)CO)[C@@H](O)[C@H](O)[C@H](O)CO. The number of amides is 4. The monoisotopic (exact) mass is 1210 g/mol. The highest BCUT2D eigenvalue weighted by Gasteiger charge is 2.45. The van der Waals surface area contributed by atoms with Crippen molar-refractivity contribution in [3.63, 3.8) is 0 Å². The van der Waals surface area contributed by atoms with E-state index in [1.165, 1.54) is 13.8 Å². The Kier molecular flexibility index (Phi) is 34.4. The van der Waals surface area contributed by atoms with Crippen molar-refractivity contribution in [1.29, 1.82) is 0 Å². The predicted molar refractivity (Wildman–Crippen MR) is 266 cm³/mol. The number of ketones is 4. The lowest BCUT2D eigenvalue weighted by atomic mass is 9.85. The lowest BCUT2D eigenvalue weighted by Gasteiger charge is -2.32. The van der Waals surface area contributed by atoms with Gasteiger partial charge in [0.2, 0.25) is 23.6 Å². The number of carbonyl (C=O) groups excluding carboxylic acids is 8.